The van der Waals surface area contributed by atoms with E-state index in [2.05, 4.69) is 31.3 Å². The van der Waals surface area contributed by atoms with Crippen molar-refractivity contribution in [1.82, 2.24) is 5.32 Å². The fourth-order valence-corrected chi connectivity index (χ4v) is 3.17. The van der Waals surface area contributed by atoms with Gasteiger partial charge in [0, 0.05) is 6.42 Å². The van der Waals surface area contributed by atoms with E-state index < -0.39 is 12.1 Å². The SMILES string of the molecule is CCCCC/C=C\CCCCCCCC(=O)NC(CO)C(O)CCCCC. The molecule has 0 bridgehead atoms. The van der Waals surface area contributed by atoms with Gasteiger partial charge < -0.3 is 15.5 Å². The maximum Gasteiger partial charge on any atom is 0.220 e. The van der Waals surface area contributed by atoms with Gasteiger partial charge in [0.15, 0.2) is 0 Å². The van der Waals surface area contributed by atoms with E-state index in [-0.39, 0.29) is 12.5 Å². The summed E-state index contributed by atoms with van der Waals surface area (Å²) in [5, 5.41) is 22.3. The molecule has 3 N–H and O–H groups in total. The van der Waals surface area contributed by atoms with Gasteiger partial charge in [-0.1, -0.05) is 77.4 Å². The highest BCUT2D eigenvalue weighted by molar-refractivity contribution is 5.76. The molecule has 1 amide bonds. The molecule has 4 nitrogen and oxygen atoms in total. The summed E-state index contributed by atoms with van der Waals surface area (Å²) in [6.45, 7) is 4.14. The van der Waals surface area contributed by atoms with Crippen molar-refractivity contribution in [2.24, 2.45) is 0 Å². The molecular weight excluding hydrogens is 338 g/mol. The minimum absolute atomic E-state index is 0.0568. The molecule has 0 aromatic rings. The molecule has 2 unspecified atom stereocenters. The molecule has 0 aliphatic heterocycles. The maximum absolute atomic E-state index is 12.0. The summed E-state index contributed by atoms with van der Waals surface area (Å²) in [7, 11) is 0. The third-order valence-corrected chi connectivity index (χ3v) is 5.03. The van der Waals surface area contributed by atoms with Gasteiger partial charge in [-0.2, -0.15) is 0 Å². The number of unbranched alkanes of at least 4 members (excludes halogenated alkanes) is 10. The molecule has 0 heterocycles. The molecule has 2 atom stereocenters. The Morgan fingerprint density at radius 2 is 1.41 bits per heavy atom. The van der Waals surface area contributed by atoms with Crippen LogP contribution in [0.3, 0.4) is 0 Å². The van der Waals surface area contributed by atoms with E-state index in [9.17, 15) is 15.0 Å². The van der Waals surface area contributed by atoms with Gasteiger partial charge in [0.05, 0.1) is 18.8 Å². The molecule has 0 aliphatic rings. The summed E-state index contributed by atoms with van der Waals surface area (Å²) in [6, 6.07) is -0.529. The first-order valence-corrected chi connectivity index (χ1v) is 11.4. The van der Waals surface area contributed by atoms with Crippen molar-refractivity contribution in [3.05, 3.63) is 12.2 Å². The molecule has 0 aromatic heterocycles. The third-order valence-electron chi connectivity index (χ3n) is 5.03. The number of aliphatic hydroxyl groups excluding tert-OH is 2. The molecule has 0 aromatic carbocycles. The van der Waals surface area contributed by atoms with E-state index >= 15 is 0 Å². The summed E-state index contributed by atoms with van der Waals surface area (Å²) in [6.07, 6.45) is 20.0. The molecule has 0 aliphatic carbocycles. The zero-order valence-corrected chi connectivity index (χ0v) is 17.9. The first kappa shape index (κ1) is 26.1. The lowest BCUT2D eigenvalue weighted by Crippen LogP contribution is -2.45. The number of hydrogen-bond acceptors (Lipinski definition) is 3. The fourth-order valence-electron chi connectivity index (χ4n) is 3.17. The standard InChI is InChI=1S/C23H45NO3/c1-3-5-7-8-9-10-11-12-13-14-15-17-19-23(27)24-21(20-25)22(26)18-16-6-4-2/h9-10,21-22,25-26H,3-8,11-20H2,1-2H3,(H,24,27)/b10-9-. The Morgan fingerprint density at radius 3 is 2.04 bits per heavy atom. The maximum atomic E-state index is 12.0. The van der Waals surface area contributed by atoms with Gasteiger partial charge in [-0.15, -0.1) is 0 Å². The van der Waals surface area contributed by atoms with Crippen molar-refractivity contribution in [3.8, 4) is 0 Å². The van der Waals surface area contributed by atoms with Crippen LogP contribution in [0.1, 0.15) is 110 Å². The van der Waals surface area contributed by atoms with Gasteiger partial charge in [0.1, 0.15) is 0 Å². The van der Waals surface area contributed by atoms with Gasteiger partial charge in [0.25, 0.3) is 0 Å². The van der Waals surface area contributed by atoms with Crippen molar-refractivity contribution in [1.29, 1.82) is 0 Å². The third kappa shape index (κ3) is 17.0. The number of rotatable bonds is 19. The lowest BCUT2D eigenvalue weighted by Gasteiger charge is -2.22. The minimum atomic E-state index is -0.652. The van der Waals surface area contributed by atoms with Crippen LogP contribution in [0, 0.1) is 0 Å². The molecule has 0 fully saturated rings. The van der Waals surface area contributed by atoms with Crippen LogP contribution in [-0.4, -0.2) is 34.9 Å². The number of amides is 1. The lowest BCUT2D eigenvalue weighted by atomic mass is 10.0. The van der Waals surface area contributed by atoms with Crippen molar-refractivity contribution in [2.75, 3.05) is 6.61 Å². The Kier molecular flexibility index (Phi) is 19.2. The molecular formula is C23H45NO3. The van der Waals surface area contributed by atoms with Crippen LogP contribution in [0.25, 0.3) is 0 Å². The second-order valence-electron chi connectivity index (χ2n) is 7.69. The first-order valence-electron chi connectivity index (χ1n) is 11.4. The van der Waals surface area contributed by atoms with Crippen LogP contribution in [-0.2, 0) is 4.79 Å². The number of carbonyl (C=O) groups is 1. The highest BCUT2D eigenvalue weighted by atomic mass is 16.3. The monoisotopic (exact) mass is 383 g/mol. The molecule has 0 spiro atoms. The smallest absolute Gasteiger partial charge is 0.220 e. The summed E-state index contributed by atoms with van der Waals surface area (Å²) in [4.78, 5) is 12.0. The highest BCUT2D eigenvalue weighted by Gasteiger charge is 2.19. The first-order chi connectivity index (χ1) is 13.2. The van der Waals surface area contributed by atoms with Crippen LogP contribution >= 0.6 is 0 Å². The van der Waals surface area contributed by atoms with Gasteiger partial charge in [0.2, 0.25) is 5.91 Å². The Labute approximate surface area is 167 Å². The molecule has 0 rings (SSSR count). The second-order valence-corrected chi connectivity index (χ2v) is 7.69. The van der Waals surface area contributed by atoms with E-state index in [0.29, 0.717) is 12.8 Å². The Morgan fingerprint density at radius 1 is 0.852 bits per heavy atom. The summed E-state index contributed by atoms with van der Waals surface area (Å²) in [5.74, 6) is -0.0568. The Balaban J connectivity index is 3.61. The second kappa shape index (κ2) is 19.9. The highest BCUT2D eigenvalue weighted by Crippen LogP contribution is 2.10. The number of nitrogens with one attached hydrogen (secondary N) is 1. The average molecular weight is 384 g/mol. The van der Waals surface area contributed by atoms with Crippen LogP contribution in [0.15, 0.2) is 12.2 Å². The van der Waals surface area contributed by atoms with Crippen molar-refractivity contribution in [3.63, 3.8) is 0 Å². The number of carbonyl (C=O) groups excluding carboxylic acids is 1. The molecule has 0 radical (unpaired) electrons. The lowest BCUT2D eigenvalue weighted by molar-refractivity contribution is -0.123. The van der Waals surface area contributed by atoms with Crippen LogP contribution < -0.4 is 5.32 Å². The van der Waals surface area contributed by atoms with Gasteiger partial charge >= 0.3 is 0 Å². The quantitative estimate of drug-likeness (QED) is 0.210. The predicted molar refractivity (Wildman–Crippen MR) is 115 cm³/mol. The number of hydrogen-bond donors (Lipinski definition) is 3. The zero-order chi connectivity index (χ0) is 20.2. The van der Waals surface area contributed by atoms with E-state index in [1.807, 2.05) is 0 Å². The average Bonchev–Trinajstić information content (AvgIpc) is 2.67. The largest absolute Gasteiger partial charge is 0.394 e. The Hall–Kier alpha value is -0.870. The van der Waals surface area contributed by atoms with Crippen molar-refractivity contribution >= 4 is 5.91 Å². The number of allylic oxidation sites excluding steroid dienone is 2. The molecule has 4 heteroatoms. The van der Waals surface area contributed by atoms with Crippen molar-refractivity contribution in [2.45, 2.75) is 122 Å². The van der Waals surface area contributed by atoms with Gasteiger partial charge in [-0.25, -0.2) is 0 Å². The van der Waals surface area contributed by atoms with Crippen LogP contribution in [0.5, 0.6) is 0 Å². The zero-order valence-electron chi connectivity index (χ0n) is 17.9. The molecule has 0 saturated carbocycles. The van der Waals surface area contributed by atoms with E-state index in [1.54, 1.807) is 0 Å². The fraction of sp³-hybridized carbons (Fsp3) is 0.870. The number of aliphatic hydroxyl groups is 2. The van der Waals surface area contributed by atoms with E-state index in [4.69, 9.17) is 0 Å². The van der Waals surface area contributed by atoms with E-state index in [1.165, 1.54) is 51.4 Å². The molecule has 27 heavy (non-hydrogen) atoms. The van der Waals surface area contributed by atoms with Crippen LogP contribution in [0.2, 0.25) is 0 Å². The van der Waals surface area contributed by atoms with Crippen LogP contribution in [0.4, 0.5) is 0 Å². The predicted octanol–water partition coefficient (Wildman–Crippen LogP) is 5.27. The summed E-state index contributed by atoms with van der Waals surface area (Å²) < 4.78 is 0. The summed E-state index contributed by atoms with van der Waals surface area (Å²) in [5.41, 5.74) is 0. The van der Waals surface area contributed by atoms with E-state index in [0.717, 1.165) is 32.1 Å². The minimum Gasteiger partial charge on any atom is -0.394 e. The summed E-state index contributed by atoms with van der Waals surface area (Å²) >= 11 is 0. The molecule has 0 saturated heterocycles. The normalized spacial score (nSPS) is 13.8. The topological polar surface area (TPSA) is 69.6 Å². The van der Waals surface area contributed by atoms with Crippen molar-refractivity contribution < 1.29 is 15.0 Å². The Bertz CT molecular complexity index is 358. The van der Waals surface area contributed by atoms with Gasteiger partial charge in [-0.3, -0.25) is 4.79 Å². The van der Waals surface area contributed by atoms with Gasteiger partial charge in [-0.05, 0) is 38.5 Å². The molecule has 160 valence electrons.